The van der Waals surface area contributed by atoms with Crippen LogP contribution in [-0.2, 0) is 35.0 Å². The number of pyridine rings is 1. The van der Waals surface area contributed by atoms with E-state index in [1.54, 1.807) is 30.3 Å². The molecule has 0 aliphatic carbocycles. The van der Waals surface area contributed by atoms with E-state index in [4.69, 9.17) is 15.6 Å². The number of hydrogen-bond acceptors (Lipinski definition) is 7. The van der Waals surface area contributed by atoms with Gasteiger partial charge in [-0.3, -0.25) is 0 Å². The van der Waals surface area contributed by atoms with Gasteiger partial charge in [0.15, 0.2) is 0 Å². The number of nitrogens with zero attached hydrogens (tertiary/aromatic N) is 3. The standard InChI is InChI=1S/C20H23N5O3S/c1-2-14-11-23-19(24-12-14)8-5-16-9-18(21)25-20(10-16)28-17-6-3-15(4-7-17)13-29(22,26)27/h3-4,6-7,9-12H,2,5,8,13H2,1H3,(H2,21,25)(H2,22,26,27). The van der Waals surface area contributed by atoms with Crippen LogP contribution in [0.1, 0.15) is 29.4 Å². The molecular weight excluding hydrogens is 390 g/mol. The van der Waals surface area contributed by atoms with Crippen molar-refractivity contribution in [3.63, 3.8) is 0 Å². The van der Waals surface area contributed by atoms with Gasteiger partial charge in [0.1, 0.15) is 17.4 Å². The quantitative estimate of drug-likeness (QED) is 0.579. The minimum Gasteiger partial charge on any atom is -0.439 e. The van der Waals surface area contributed by atoms with E-state index in [1.807, 2.05) is 18.5 Å². The van der Waals surface area contributed by atoms with Crippen LogP contribution in [0.2, 0.25) is 0 Å². The van der Waals surface area contributed by atoms with Gasteiger partial charge in [0.2, 0.25) is 15.9 Å². The molecule has 0 unspecified atom stereocenters. The Hall–Kier alpha value is -3.04. The number of hydrogen-bond donors (Lipinski definition) is 2. The van der Waals surface area contributed by atoms with E-state index in [9.17, 15) is 8.42 Å². The lowest BCUT2D eigenvalue weighted by Gasteiger charge is -2.09. The van der Waals surface area contributed by atoms with Crippen molar-refractivity contribution in [2.24, 2.45) is 5.14 Å². The average Bonchev–Trinajstić information content (AvgIpc) is 2.67. The van der Waals surface area contributed by atoms with Gasteiger partial charge in [-0.2, -0.15) is 4.98 Å². The molecule has 0 bridgehead atoms. The molecule has 152 valence electrons. The molecular formula is C20H23N5O3S. The number of benzene rings is 1. The first-order valence-electron chi connectivity index (χ1n) is 9.14. The summed E-state index contributed by atoms with van der Waals surface area (Å²) in [7, 11) is -3.57. The van der Waals surface area contributed by atoms with Crippen molar-refractivity contribution in [2.45, 2.75) is 31.9 Å². The van der Waals surface area contributed by atoms with Crippen LogP contribution in [0, 0.1) is 0 Å². The van der Waals surface area contributed by atoms with Crippen molar-refractivity contribution in [3.8, 4) is 11.6 Å². The number of anilines is 1. The van der Waals surface area contributed by atoms with E-state index >= 15 is 0 Å². The van der Waals surface area contributed by atoms with E-state index in [1.165, 1.54) is 0 Å². The Bertz CT molecular complexity index is 1070. The Morgan fingerprint density at radius 3 is 2.28 bits per heavy atom. The largest absolute Gasteiger partial charge is 0.439 e. The highest BCUT2D eigenvalue weighted by Crippen LogP contribution is 2.23. The lowest BCUT2D eigenvalue weighted by molar-refractivity contribution is 0.463. The zero-order valence-electron chi connectivity index (χ0n) is 16.1. The molecule has 9 heteroatoms. The summed E-state index contributed by atoms with van der Waals surface area (Å²) in [5.41, 5.74) is 8.55. The Morgan fingerprint density at radius 2 is 1.66 bits per heavy atom. The summed E-state index contributed by atoms with van der Waals surface area (Å²) in [4.78, 5) is 12.9. The van der Waals surface area contributed by atoms with Gasteiger partial charge in [0.25, 0.3) is 0 Å². The molecule has 29 heavy (non-hydrogen) atoms. The number of sulfonamides is 1. The fourth-order valence-corrected chi connectivity index (χ4v) is 3.39. The number of rotatable bonds is 8. The van der Waals surface area contributed by atoms with Crippen molar-refractivity contribution in [2.75, 3.05) is 5.73 Å². The van der Waals surface area contributed by atoms with E-state index < -0.39 is 10.0 Å². The van der Waals surface area contributed by atoms with Gasteiger partial charge >= 0.3 is 0 Å². The monoisotopic (exact) mass is 413 g/mol. The van der Waals surface area contributed by atoms with E-state index in [0.717, 1.165) is 23.4 Å². The summed E-state index contributed by atoms with van der Waals surface area (Å²) in [6, 6.07) is 10.2. The third-order valence-electron chi connectivity index (χ3n) is 4.20. The Morgan fingerprint density at radius 1 is 0.966 bits per heavy atom. The van der Waals surface area contributed by atoms with Gasteiger partial charge in [0, 0.05) is 24.9 Å². The summed E-state index contributed by atoms with van der Waals surface area (Å²) in [5, 5.41) is 5.06. The fraction of sp³-hybridized carbons (Fsp3) is 0.250. The molecule has 3 aromatic rings. The average molecular weight is 414 g/mol. The molecule has 1 aromatic carbocycles. The molecule has 8 nitrogen and oxygen atoms in total. The Kier molecular flexibility index (Phi) is 6.40. The molecule has 0 aliphatic heterocycles. The van der Waals surface area contributed by atoms with Crippen LogP contribution in [0.3, 0.4) is 0 Å². The molecule has 0 fully saturated rings. The van der Waals surface area contributed by atoms with Crippen molar-refractivity contribution in [1.29, 1.82) is 0 Å². The first-order chi connectivity index (χ1) is 13.8. The minimum absolute atomic E-state index is 0.227. The lowest BCUT2D eigenvalue weighted by Crippen LogP contribution is -2.14. The molecule has 0 amide bonds. The number of aromatic nitrogens is 3. The first-order valence-corrected chi connectivity index (χ1v) is 10.9. The maximum absolute atomic E-state index is 11.2. The SMILES string of the molecule is CCc1cnc(CCc2cc(N)nc(Oc3ccc(CS(N)(=O)=O)cc3)c2)nc1. The van der Waals surface area contributed by atoms with Gasteiger partial charge in [-0.25, -0.2) is 23.5 Å². The Balaban J connectivity index is 1.66. The van der Waals surface area contributed by atoms with E-state index in [0.29, 0.717) is 35.9 Å². The van der Waals surface area contributed by atoms with Crippen LogP contribution in [0.15, 0.2) is 48.8 Å². The van der Waals surface area contributed by atoms with E-state index in [-0.39, 0.29) is 5.75 Å². The van der Waals surface area contributed by atoms with Crippen LogP contribution in [-0.4, -0.2) is 23.4 Å². The normalized spacial score (nSPS) is 11.4. The van der Waals surface area contributed by atoms with Crippen molar-refractivity contribution in [1.82, 2.24) is 15.0 Å². The zero-order chi connectivity index (χ0) is 20.9. The minimum atomic E-state index is -3.57. The molecule has 0 saturated carbocycles. The van der Waals surface area contributed by atoms with Crippen molar-refractivity contribution < 1.29 is 13.2 Å². The molecule has 0 atom stereocenters. The maximum atomic E-state index is 11.2. The van der Waals surface area contributed by atoms with Gasteiger partial charge < -0.3 is 10.5 Å². The highest BCUT2D eigenvalue weighted by Gasteiger charge is 2.08. The van der Waals surface area contributed by atoms with Gasteiger partial charge in [-0.15, -0.1) is 0 Å². The van der Waals surface area contributed by atoms with Crippen LogP contribution in [0.25, 0.3) is 0 Å². The second kappa shape index (κ2) is 8.97. The number of ether oxygens (including phenoxy) is 1. The third kappa shape index (κ3) is 6.51. The third-order valence-corrected chi connectivity index (χ3v) is 4.94. The summed E-state index contributed by atoms with van der Waals surface area (Å²) in [6.45, 7) is 2.06. The van der Waals surface area contributed by atoms with Crippen LogP contribution < -0.4 is 15.6 Å². The highest BCUT2D eigenvalue weighted by atomic mass is 32.2. The van der Waals surface area contributed by atoms with Gasteiger partial charge in [-0.05, 0) is 47.7 Å². The molecule has 2 aromatic heterocycles. The van der Waals surface area contributed by atoms with Gasteiger partial charge in [0.05, 0.1) is 5.75 Å². The van der Waals surface area contributed by atoms with Crippen LogP contribution >= 0.6 is 0 Å². The van der Waals surface area contributed by atoms with Crippen LogP contribution in [0.5, 0.6) is 11.6 Å². The lowest BCUT2D eigenvalue weighted by atomic mass is 10.1. The van der Waals surface area contributed by atoms with E-state index in [2.05, 4.69) is 21.9 Å². The second-order valence-electron chi connectivity index (χ2n) is 6.65. The molecule has 2 heterocycles. The molecule has 4 N–H and O–H groups in total. The summed E-state index contributed by atoms with van der Waals surface area (Å²) < 4.78 is 28.1. The maximum Gasteiger partial charge on any atom is 0.221 e. The summed E-state index contributed by atoms with van der Waals surface area (Å²) in [6.07, 6.45) is 5.97. The van der Waals surface area contributed by atoms with Crippen molar-refractivity contribution in [3.05, 3.63) is 71.3 Å². The molecule has 0 spiro atoms. The number of primary sulfonamides is 1. The topological polar surface area (TPSA) is 134 Å². The van der Waals surface area contributed by atoms with Crippen LogP contribution in [0.4, 0.5) is 5.82 Å². The molecule has 0 aliphatic rings. The predicted molar refractivity (Wildman–Crippen MR) is 111 cm³/mol. The molecule has 3 rings (SSSR count). The fourth-order valence-electron chi connectivity index (χ4n) is 2.73. The number of aryl methyl sites for hydroxylation is 3. The molecule has 0 radical (unpaired) electrons. The predicted octanol–water partition coefficient (Wildman–Crippen LogP) is 2.38. The number of nitrogens with two attached hydrogens (primary N) is 2. The number of nitrogen functional groups attached to an aromatic ring is 1. The summed E-state index contributed by atoms with van der Waals surface area (Å²) >= 11 is 0. The molecule has 0 saturated heterocycles. The smallest absolute Gasteiger partial charge is 0.221 e. The summed E-state index contributed by atoms with van der Waals surface area (Å²) in [5.74, 6) is 1.78. The van der Waals surface area contributed by atoms with Gasteiger partial charge in [-0.1, -0.05) is 19.1 Å². The first kappa shape index (κ1) is 20.7. The second-order valence-corrected chi connectivity index (χ2v) is 8.27. The highest BCUT2D eigenvalue weighted by molar-refractivity contribution is 7.88. The van der Waals surface area contributed by atoms with Crippen molar-refractivity contribution >= 4 is 15.8 Å². The Labute approximate surface area is 170 Å². The zero-order valence-corrected chi connectivity index (χ0v) is 16.9.